The molecule has 0 aliphatic carbocycles. The highest BCUT2D eigenvalue weighted by atomic mass is 31.2. The molecule has 0 fully saturated rings. The maximum atomic E-state index is 12.5. The van der Waals surface area contributed by atoms with Crippen molar-refractivity contribution < 1.29 is 47.8 Å². The van der Waals surface area contributed by atoms with E-state index in [2.05, 4.69) is 54.8 Å². The Morgan fingerprint density at radius 2 is 1.27 bits per heavy atom. The van der Waals surface area contributed by atoms with Gasteiger partial charge in [0.2, 0.25) is 0 Å². The highest BCUT2D eigenvalue weighted by molar-refractivity contribution is 7.47. The number of hydrogen-bond acceptors (Lipinski definition) is 9. The topological polar surface area (TPSA) is 149 Å². The minimum Gasteiger partial charge on any atom is -0.462 e. The summed E-state index contributed by atoms with van der Waals surface area (Å²) in [6, 6.07) is 0. The van der Waals surface area contributed by atoms with Crippen molar-refractivity contribution in [3.05, 3.63) is 60.8 Å². The molecule has 0 amide bonds. The molecule has 10 nitrogen and oxygen atoms in total. The predicted molar refractivity (Wildman–Crippen MR) is 177 cm³/mol. The lowest BCUT2D eigenvalue weighted by atomic mass is 10.1. The summed E-state index contributed by atoms with van der Waals surface area (Å²) in [5.41, 5.74) is 0. The van der Waals surface area contributed by atoms with Crippen LogP contribution >= 0.6 is 7.82 Å². The van der Waals surface area contributed by atoms with Gasteiger partial charge >= 0.3 is 19.8 Å². The van der Waals surface area contributed by atoms with Crippen LogP contribution < -0.4 is 0 Å². The van der Waals surface area contributed by atoms with E-state index in [1.807, 2.05) is 24.3 Å². The third-order valence-electron chi connectivity index (χ3n) is 6.23. The van der Waals surface area contributed by atoms with Gasteiger partial charge in [-0.15, -0.1) is 0 Å². The predicted octanol–water partition coefficient (Wildman–Crippen LogP) is 7.21. The van der Waals surface area contributed by atoms with Crippen LogP contribution in [0.3, 0.4) is 0 Å². The molecule has 11 heteroatoms. The number of rotatable bonds is 29. The number of carbonyl (C=O) groups excluding carboxylic acids is 2. The summed E-state index contributed by atoms with van der Waals surface area (Å²) in [5, 5.41) is 18.2. The lowest BCUT2D eigenvalue weighted by Crippen LogP contribution is -2.29. The lowest BCUT2D eigenvalue weighted by molar-refractivity contribution is -0.161. The van der Waals surface area contributed by atoms with Gasteiger partial charge < -0.3 is 24.6 Å². The second-order valence-electron chi connectivity index (χ2n) is 10.5. The molecular weight excluding hydrogens is 599 g/mol. The van der Waals surface area contributed by atoms with Gasteiger partial charge in [-0.3, -0.25) is 18.6 Å². The zero-order chi connectivity index (χ0) is 33.4. The van der Waals surface area contributed by atoms with Gasteiger partial charge in [0.1, 0.15) is 12.7 Å². The van der Waals surface area contributed by atoms with Crippen LogP contribution in [-0.4, -0.2) is 65.7 Å². The average molecular weight is 657 g/mol. The SMILES string of the molecule is CC/C=C/C=C/C=C/CCCCCCCC(=O)OC(COC(=O)CCCC/C=C/C/C=C/CC)COP(=O)(O)OC[C@@H](O)CO. The van der Waals surface area contributed by atoms with E-state index in [9.17, 15) is 24.2 Å². The zero-order valence-electron chi connectivity index (χ0n) is 27.3. The maximum absolute atomic E-state index is 12.5. The van der Waals surface area contributed by atoms with Crippen molar-refractivity contribution >= 4 is 19.8 Å². The molecule has 2 unspecified atom stereocenters. The molecule has 45 heavy (non-hydrogen) atoms. The number of unbranched alkanes of at least 4 members (excludes halogenated alkanes) is 7. The van der Waals surface area contributed by atoms with Gasteiger partial charge in [-0.2, -0.15) is 0 Å². The Kier molecular flexibility index (Phi) is 28.8. The second-order valence-corrected chi connectivity index (χ2v) is 11.9. The summed E-state index contributed by atoms with van der Waals surface area (Å²) < 4.78 is 32.3. The van der Waals surface area contributed by atoms with Crippen molar-refractivity contribution in [2.24, 2.45) is 0 Å². The Morgan fingerprint density at radius 1 is 0.689 bits per heavy atom. The number of ether oxygens (including phenoxy) is 2. The van der Waals surface area contributed by atoms with Crippen LogP contribution in [0.2, 0.25) is 0 Å². The first-order valence-corrected chi connectivity index (χ1v) is 17.8. The normalized spacial score (nSPS) is 15.0. The summed E-state index contributed by atoms with van der Waals surface area (Å²) in [6.45, 7) is 1.99. The van der Waals surface area contributed by atoms with Gasteiger partial charge in [-0.1, -0.05) is 93.9 Å². The van der Waals surface area contributed by atoms with Gasteiger partial charge in [0.05, 0.1) is 19.8 Å². The Balaban J connectivity index is 4.54. The summed E-state index contributed by atoms with van der Waals surface area (Å²) in [7, 11) is -4.62. The van der Waals surface area contributed by atoms with Crippen LogP contribution in [0.15, 0.2) is 60.8 Å². The second kappa shape index (κ2) is 30.3. The van der Waals surface area contributed by atoms with E-state index >= 15 is 0 Å². The molecule has 0 aliphatic heterocycles. The zero-order valence-corrected chi connectivity index (χ0v) is 28.2. The minimum absolute atomic E-state index is 0.151. The molecule has 0 bridgehead atoms. The smallest absolute Gasteiger partial charge is 0.462 e. The molecule has 3 atom stereocenters. The number of aliphatic hydroxyl groups excluding tert-OH is 2. The fraction of sp³-hybridized carbons (Fsp3) is 0.647. The third kappa shape index (κ3) is 30.1. The van der Waals surface area contributed by atoms with Crippen molar-refractivity contribution in [2.75, 3.05) is 26.4 Å². The van der Waals surface area contributed by atoms with E-state index in [0.29, 0.717) is 12.8 Å². The monoisotopic (exact) mass is 656 g/mol. The Morgan fingerprint density at radius 3 is 2.00 bits per heavy atom. The Labute approximate surface area is 270 Å². The van der Waals surface area contributed by atoms with Crippen molar-refractivity contribution in [2.45, 2.75) is 116 Å². The molecule has 0 aromatic rings. The highest BCUT2D eigenvalue weighted by Gasteiger charge is 2.27. The average Bonchev–Trinajstić information content (AvgIpc) is 3.02. The van der Waals surface area contributed by atoms with Gasteiger partial charge in [0.25, 0.3) is 0 Å². The summed E-state index contributed by atoms with van der Waals surface area (Å²) in [5.74, 6) is -1.00. The first-order chi connectivity index (χ1) is 21.7. The van der Waals surface area contributed by atoms with E-state index in [-0.39, 0.29) is 19.4 Å². The number of esters is 2. The number of phosphoric ester groups is 1. The summed E-state index contributed by atoms with van der Waals surface area (Å²) >= 11 is 0. The van der Waals surface area contributed by atoms with Gasteiger partial charge in [-0.25, -0.2) is 4.57 Å². The minimum atomic E-state index is -4.62. The molecule has 0 spiro atoms. The number of hydrogen-bond donors (Lipinski definition) is 3. The van der Waals surface area contributed by atoms with Gasteiger partial charge in [-0.05, 0) is 57.8 Å². The van der Waals surface area contributed by atoms with Gasteiger partial charge in [0, 0.05) is 12.8 Å². The first-order valence-electron chi connectivity index (χ1n) is 16.3. The number of allylic oxidation sites excluding steroid dienone is 10. The Hall–Kier alpha value is -2.33. The van der Waals surface area contributed by atoms with Crippen LogP contribution in [0.4, 0.5) is 0 Å². The van der Waals surface area contributed by atoms with Crippen LogP contribution in [0.5, 0.6) is 0 Å². The third-order valence-corrected chi connectivity index (χ3v) is 7.18. The highest BCUT2D eigenvalue weighted by Crippen LogP contribution is 2.43. The molecule has 0 aromatic heterocycles. The van der Waals surface area contributed by atoms with E-state index in [1.54, 1.807) is 0 Å². The molecular formula is C34H57O10P. The largest absolute Gasteiger partial charge is 0.472 e. The first kappa shape index (κ1) is 42.7. The van der Waals surface area contributed by atoms with E-state index < -0.39 is 51.8 Å². The molecule has 0 heterocycles. The number of aliphatic hydroxyl groups is 2. The van der Waals surface area contributed by atoms with Crippen LogP contribution in [0.1, 0.15) is 104 Å². The molecule has 0 saturated heterocycles. The van der Waals surface area contributed by atoms with Crippen LogP contribution in [0, 0.1) is 0 Å². The molecule has 3 N–H and O–H groups in total. The van der Waals surface area contributed by atoms with Gasteiger partial charge in [0.15, 0.2) is 6.10 Å². The standard InChI is InChI=1S/C34H57O10P/c1-3-5-7-9-11-13-14-15-16-18-20-22-24-26-34(38)44-32(30-43-45(39,40)42-28-31(36)27-35)29-41-33(37)25-23-21-19-17-12-10-8-6-4-2/h5-9,11-14,17,31-32,35-36H,3-4,10,15-16,18-30H2,1-2H3,(H,39,40)/b7-5+,8-6+,11-9+,14-13+,17-12+/t31-,32?/m0/s1. The van der Waals surface area contributed by atoms with Crippen molar-refractivity contribution in [3.63, 3.8) is 0 Å². The number of phosphoric acid groups is 1. The van der Waals surface area contributed by atoms with Crippen molar-refractivity contribution in [1.29, 1.82) is 0 Å². The van der Waals surface area contributed by atoms with E-state index in [0.717, 1.165) is 64.2 Å². The molecule has 0 aromatic carbocycles. The summed E-state index contributed by atoms with van der Waals surface area (Å²) in [4.78, 5) is 34.6. The molecule has 0 saturated carbocycles. The molecule has 0 rings (SSSR count). The molecule has 0 aliphatic rings. The van der Waals surface area contributed by atoms with Crippen molar-refractivity contribution in [3.8, 4) is 0 Å². The quantitative estimate of drug-likeness (QED) is 0.0248. The molecule has 0 radical (unpaired) electrons. The fourth-order valence-electron chi connectivity index (χ4n) is 3.73. The fourth-order valence-corrected chi connectivity index (χ4v) is 4.52. The van der Waals surface area contributed by atoms with Crippen molar-refractivity contribution in [1.82, 2.24) is 0 Å². The maximum Gasteiger partial charge on any atom is 0.472 e. The number of carbonyl (C=O) groups is 2. The lowest BCUT2D eigenvalue weighted by Gasteiger charge is -2.20. The van der Waals surface area contributed by atoms with E-state index in [4.69, 9.17) is 19.1 Å². The Bertz CT molecular complexity index is 941. The molecule has 258 valence electrons. The van der Waals surface area contributed by atoms with Crippen LogP contribution in [-0.2, 0) is 32.7 Å². The van der Waals surface area contributed by atoms with E-state index in [1.165, 1.54) is 0 Å². The van der Waals surface area contributed by atoms with Crippen LogP contribution in [0.25, 0.3) is 0 Å². The summed E-state index contributed by atoms with van der Waals surface area (Å²) in [6.07, 6.45) is 29.4.